The zero-order chi connectivity index (χ0) is 4.99. The van der Waals surface area contributed by atoms with E-state index in [-0.39, 0.29) is 34.0 Å². The van der Waals surface area contributed by atoms with Gasteiger partial charge in [-0.25, -0.2) is 0 Å². The van der Waals surface area contributed by atoms with Crippen LogP contribution in [-0.2, 0) is 0 Å². The van der Waals surface area contributed by atoms with E-state index in [1.54, 1.807) is 0 Å². The average molecular weight is 250 g/mol. The molecule has 0 fully saturated rings. The van der Waals surface area contributed by atoms with Crippen LogP contribution in [0, 0.1) is 0 Å². The van der Waals surface area contributed by atoms with Crippen molar-refractivity contribution in [3.8, 4) is 0 Å². The number of halogens is 2. The van der Waals surface area contributed by atoms with Crippen molar-refractivity contribution in [1.82, 2.24) is 4.90 Å². The summed E-state index contributed by atoms with van der Waals surface area (Å²) in [7, 11) is 4.01. The summed E-state index contributed by atoms with van der Waals surface area (Å²) in [5, 5.41) is 0. The first-order valence-electron chi connectivity index (χ1n) is 2.12. The second-order valence-electron chi connectivity index (χ2n) is 1.59. The molecule has 0 aliphatic rings. The van der Waals surface area contributed by atoms with Gasteiger partial charge in [0.05, 0.1) is 0 Å². The van der Waals surface area contributed by atoms with Gasteiger partial charge < -0.3 is 10.6 Å². The van der Waals surface area contributed by atoms with Crippen LogP contribution in [0.5, 0.6) is 0 Å². The molecule has 0 amide bonds. The minimum atomic E-state index is 0. The number of hydrogen-bond acceptors (Lipinski definition) is 2. The summed E-state index contributed by atoms with van der Waals surface area (Å²) in [4.78, 5) is 2.06. The van der Waals surface area contributed by atoms with Gasteiger partial charge in [0.25, 0.3) is 0 Å². The van der Waals surface area contributed by atoms with Crippen molar-refractivity contribution in [2.45, 2.75) is 0 Å². The second-order valence-corrected chi connectivity index (χ2v) is 1.59. The van der Waals surface area contributed by atoms with Crippen molar-refractivity contribution in [3.05, 3.63) is 0 Å². The lowest BCUT2D eigenvalue weighted by molar-refractivity contribution is 0.420. The van der Waals surface area contributed by atoms with Crippen LogP contribution in [0.2, 0.25) is 0 Å². The summed E-state index contributed by atoms with van der Waals surface area (Å²) in [5.74, 6) is 0. The zero-order valence-electron chi connectivity index (χ0n) is 5.26. The first-order valence-corrected chi connectivity index (χ1v) is 2.12. The topological polar surface area (TPSA) is 29.3 Å². The molecule has 0 atom stereocenters. The fraction of sp³-hybridized carbons (Fsp3) is 1.00. The maximum absolute atomic E-state index is 5.19. The summed E-state index contributed by atoms with van der Waals surface area (Å²) < 4.78 is 0. The van der Waals surface area contributed by atoms with Crippen LogP contribution < -0.4 is 5.73 Å². The molecule has 0 spiro atoms. The van der Waals surface area contributed by atoms with Crippen molar-refractivity contribution in [2.75, 3.05) is 27.2 Å². The molecule has 4 heteroatoms. The molecule has 0 radical (unpaired) electrons. The van der Waals surface area contributed by atoms with E-state index >= 15 is 0 Å². The van der Waals surface area contributed by atoms with Gasteiger partial charge in [0.2, 0.25) is 0 Å². The fourth-order valence-corrected chi connectivity index (χ4v) is 0.258. The second kappa shape index (κ2) is 10.8. The third kappa shape index (κ3) is 15.8. The number of hydrogen-bond donors (Lipinski definition) is 1. The summed E-state index contributed by atoms with van der Waals surface area (Å²) >= 11 is 0. The Hall–Kier alpha value is 0.880. The van der Waals surface area contributed by atoms with E-state index in [0.717, 1.165) is 13.1 Å². The highest BCUT2D eigenvalue weighted by atomic mass is 79.9. The van der Waals surface area contributed by atoms with Crippen LogP contribution in [0.15, 0.2) is 0 Å². The number of nitrogens with two attached hydrogens (primary N) is 1. The van der Waals surface area contributed by atoms with Crippen LogP contribution in [0.4, 0.5) is 0 Å². The van der Waals surface area contributed by atoms with Gasteiger partial charge in [-0.2, -0.15) is 0 Å². The molecule has 54 valence electrons. The van der Waals surface area contributed by atoms with Gasteiger partial charge in [-0.05, 0) is 14.1 Å². The minimum Gasteiger partial charge on any atom is -0.329 e. The van der Waals surface area contributed by atoms with Crippen molar-refractivity contribution in [1.29, 1.82) is 0 Å². The first kappa shape index (κ1) is 15.9. The van der Waals surface area contributed by atoms with Gasteiger partial charge in [0, 0.05) is 13.1 Å². The summed E-state index contributed by atoms with van der Waals surface area (Å²) in [6.07, 6.45) is 0. The lowest BCUT2D eigenvalue weighted by Crippen LogP contribution is -2.20. The van der Waals surface area contributed by atoms with Crippen LogP contribution in [0.3, 0.4) is 0 Å². The SMILES string of the molecule is Br.Br.CN(C)CCN. The van der Waals surface area contributed by atoms with Gasteiger partial charge in [0.1, 0.15) is 0 Å². The number of likely N-dealkylation sites (N-methyl/N-ethyl adjacent to an activating group) is 1. The first-order chi connectivity index (χ1) is 2.77. The van der Waals surface area contributed by atoms with Gasteiger partial charge in [0.15, 0.2) is 0 Å². The lowest BCUT2D eigenvalue weighted by atomic mass is 10.6. The highest BCUT2D eigenvalue weighted by Crippen LogP contribution is 1.64. The van der Waals surface area contributed by atoms with Gasteiger partial charge >= 0.3 is 0 Å². The summed E-state index contributed by atoms with van der Waals surface area (Å²) in [6.45, 7) is 1.74. The number of rotatable bonds is 2. The molecule has 0 saturated heterocycles. The fourth-order valence-electron chi connectivity index (χ4n) is 0.258. The zero-order valence-corrected chi connectivity index (χ0v) is 8.68. The Morgan fingerprint density at radius 3 is 1.62 bits per heavy atom. The van der Waals surface area contributed by atoms with Crippen molar-refractivity contribution in [2.24, 2.45) is 5.73 Å². The van der Waals surface area contributed by atoms with Crippen LogP contribution in [0.25, 0.3) is 0 Å². The van der Waals surface area contributed by atoms with Crippen molar-refractivity contribution in [3.63, 3.8) is 0 Å². The van der Waals surface area contributed by atoms with Gasteiger partial charge in [-0.15, -0.1) is 34.0 Å². The van der Waals surface area contributed by atoms with E-state index in [0.29, 0.717) is 0 Å². The Morgan fingerprint density at radius 1 is 1.25 bits per heavy atom. The molecular weight excluding hydrogens is 236 g/mol. The molecule has 0 aliphatic carbocycles. The number of nitrogens with zero attached hydrogens (tertiary/aromatic N) is 1. The molecule has 2 N–H and O–H groups in total. The molecule has 0 saturated carbocycles. The molecule has 0 aromatic rings. The molecule has 0 aliphatic heterocycles. The molecule has 0 unspecified atom stereocenters. The Balaban J connectivity index is -0.000000125. The lowest BCUT2D eigenvalue weighted by Gasteiger charge is -2.03. The third-order valence-corrected chi connectivity index (χ3v) is 0.576. The van der Waals surface area contributed by atoms with Gasteiger partial charge in [-0.1, -0.05) is 0 Å². The van der Waals surface area contributed by atoms with Crippen LogP contribution in [-0.4, -0.2) is 32.1 Å². The van der Waals surface area contributed by atoms with E-state index in [2.05, 4.69) is 4.90 Å². The predicted molar refractivity (Wildman–Crippen MR) is 48.3 cm³/mol. The molecule has 0 bridgehead atoms. The largest absolute Gasteiger partial charge is 0.329 e. The molecule has 2 nitrogen and oxygen atoms in total. The molecule has 0 rings (SSSR count). The van der Waals surface area contributed by atoms with Crippen LogP contribution >= 0.6 is 34.0 Å². The van der Waals surface area contributed by atoms with E-state index < -0.39 is 0 Å². The van der Waals surface area contributed by atoms with E-state index in [4.69, 9.17) is 5.73 Å². The highest BCUT2D eigenvalue weighted by molar-refractivity contribution is 8.93. The van der Waals surface area contributed by atoms with E-state index in [9.17, 15) is 0 Å². The molecular formula is C4H14Br2N2. The monoisotopic (exact) mass is 248 g/mol. The molecule has 8 heavy (non-hydrogen) atoms. The van der Waals surface area contributed by atoms with E-state index in [1.807, 2.05) is 14.1 Å². The average Bonchev–Trinajstić information content (AvgIpc) is 1.35. The quantitative estimate of drug-likeness (QED) is 0.780. The minimum absolute atomic E-state index is 0. The smallest absolute Gasteiger partial charge is 0.00985 e. The Labute approximate surface area is 72.0 Å². The van der Waals surface area contributed by atoms with Crippen molar-refractivity contribution < 1.29 is 0 Å². The normalized spacial score (nSPS) is 7.50. The Morgan fingerprint density at radius 2 is 1.62 bits per heavy atom. The van der Waals surface area contributed by atoms with Crippen LogP contribution in [0.1, 0.15) is 0 Å². The maximum atomic E-state index is 5.19. The maximum Gasteiger partial charge on any atom is 0.00985 e. The molecule has 0 aromatic heterocycles. The van der Waals surface area contributed by atoms with Gasteiger partial charge in [-0.3, -0.25) is 0 Å². The Kier molecular flexibility index (Phi) is 21.5. The van der Waals surface area contributed by atoms with Crippen molar-refractivity contribution >= 4 is 34.0 Å². The summed E-state index contributed by atoms with van der Waals surface area (Å²) in [6, 6.07) is 0. The predicted octanol–water partition coefficient (Wildman–Crippen LogP) is 0.662. The van der Waals surface area contributed by atoms with E-state index in [1.165, 1.54) is 0 Å². The standard InChI is InChI=1S/C4H12N2.2BrH/c1-6(2)4-3-5;;/h3-5H2,1-2H3;2*1H. The summed E-state index contributed by atoms with van der Waals surface area (Å²) in [5.41, 5.74) is 5.19. The Bertz CT molecular complexity index is 33.2. The molecule has 0 aromatic carbocycles. The third-order valence-electron chi connectivity index (χ3n) is 0.576. The molecule has 0 heterocycles. The highest BCUT2D eigenvalue weighted by Gasteiger charge is 1.79.